The molecule has 0 aliphatic rings. The van der Waals surface area contributed by atoms with E-state index in [-0.39, 0.29) is 0 Å². The molecule has 0 amide bonds. The quantitative estimate of drug-likeness (QED) is 0.147. The van der Waals surface area contributed by atoms with Gasteiger partial charge in [0.05, 0.1) is 22.1 Å². The molecular weight excluding hydrogens is 731 g/mol. The molecule has 0 atom stereocenters. The van der Waals surface area contributed by atoms with Crippen LogP contribution in [-0.2, 0) is 6.42 Å². The largest absolute Gasteiger partial charge is 0.309 e. The molecule has 3 heterocycles. The zero-order valence-corrected chi connectivity index (χ0v) is 33.3. The first-order valence-electron chi connectivity index (χ1n) is 20.8. The van der Waals surface area contributed by atoms with E-state index in [2.05, 4.69) is 192 Å². The third kappa shape index (κ3) is 6.14. The first-order valence-corrected chi connectivity index (χ1v) is 20.8. The van der Waals surface area contributed by atoms with Gasteiger partial charge in [-0.25, -0.2) is 4.98 Å². The fourth-order valence-corrected chi connectivity index (χ4v) is 8.87. The van der Waals surface area contributed by atoms with Gasteiger partial charge in [0.25, 0.3) is 0 Å². The van der Waals surface area contributed by atoms with E-state index < -0.39 is 0 Å². The van der Waals surface area contributed by atoms with Crippen LogP contribution in [0.5, 0.6) is 0 Å². The maximum absolute atomic E-state index is 5.29. The molecule has 0 unspecified atom stereocenters. The summed E-state index contributed by atoms with van der Waals surface area (Å²) in [4.78, 5) is 15.6. The fourth-order valence-electron chi connectivity index (χ4n) is 8.87. The third-order valence-corrected chi connectivity index (χ3v) is 11.8. The van der Waals surface area contributed by atoms with Crippen molar-refractivity contribution in [3.63, 3.8) is 0 Å². The van der Waals surface area contributed by atoms with E-state index in [0.717, 1.165) is 45.1 Å². The van der Waals surface area contributed by atoms with Crippen LogP contribution < -0.4 is 0 Å². The van der Waals surface area contributed by atoms with E-state index in [4.69, 9.17) is 15.0 Å². The standard InChI is InChI=1S/C55H41N5/c1-2-3-16-37-17-14-24-44(35-37)59-47-27-12-10-25-45(47)51-49(59)33-34-50-52(51)46-26-11-13-28-48(46)60(50)55-57-53(40-20-8-5-9-21-40)56-54(58-55)41-31-29-39(30-32-41)43-23-15-22-42(36-43)38-18-6-4-7-19-38/h4-15,17-36H,2-3,16H2,1H3. The molecule has 8 aromatic carbocycles. The highest BCUT2D eigenvalue weighted by molar-refractivity contribution is 6.28. The van der Waals surface area contributed by atoms with Crippen LogP contribution in [0.2, 0.25) is 0 Å². The van der Waals surface area contributed by atoms with Gasteiger partial charge in [-0.2, -0.15) is 9.97 Å². The van der Waals surface area contributed by atoms with Gasteiger partial charge < -0.3 is 4.57 Å². The number of rotatable bonds is 9. The second-order valence-corrected chi connectivity index (χ2v) is 15.5. The van der Waals surface area contributed by atoms with Gasteiger partial charge >= 0.3 is 0 Å². The molecule has 11 aromatic rings. The summed E-state index contributed by atoms with van der Waals surface area (Å²) < 4.78 is 4.66. The molecule has 60 heavy (non-hydrogen) atoms. The lowest BCUT2D eigenvalue weighted by Gasteiger charge is -2.12. The normalized spacial score (nSPS) is 11.6. The molecule has 286 valence electrons. The fraction of sp³-hybridized carbons (Fsp3) is 0.0727. The predicted molar refractivity (Wildman–Crippen MR) is 249 cm³/mol. The number of fused-ring (bicyclic) bond motifs is 7. The molecular formula is C55H41N5. The molecule has 0 aliphatic heterocycles. The zero-order valence-electron chi connectivity index (χ0n) is 33.3. The number of benzene rings is 8. The Hall–Kier alpha value is -7.63. The number of nitrogens with zero attached hydrogens (tertiary/aromatic N) is 5. The van der Waals surface area contributed by atoms with Crippen molar-refractivity contribution in [2.24, 2.45) is 0 Å². The van der Waals surface area contributed by atoms with Crippen LogP contribution in [-0.4, -0.2) is 24.1 Å². The number of aryl methyl sites for hydroxylation is 1. The molecule has 3 aromatic heterocycles. The number of unbranched alkanes of at least 4 members (excludes halogenated alkanes) is 1. The monoisotopic (exact) mass is 771 g/mol. The Morgan fingerprint density at radius 1 is 0.383 bits per heavy atom. The van der Waals surface area contributed by atoms with Crippen LogP contribution in [0.1, 0.15) is 25.3 Å². The molecule has 0 fully saturated rings. The average molecular weight is 772 g/mol. The molecule has 0 bridgehead atoms. The summed E-state index contributed by atoms with van der Waals surface area (Å²) in [6.45, 7) is 2.25. The average Bonchev–Trinajstić information content (AvgIpc) is 3.84. The molecule has 11 rings (SSSR count). The molecule has 5 heteroatoms. The summed E-state index contributed by atoms with van der Waals surface area (Å²) in [5.74, 6) is 1.83. The van der Waals surface area contributed by atoms with E-state index >= 15 is 0 Å². The Morgan fingerprint density at radius 2 is 0.883 bits per heavy atom. The Balaban J connectivity index is 1.10. The lowest BCUT2D eigenvalue weighted by atomic mass is 9.98. The van der Waals surface area contributed by atoms with Crippen LogP contribution in [0.15, 0.2) is 194 Å². The highest BCUT2D eigenvalue weighted by Gasteiger charge is 2.22. The van der Waals surface area contributed by atoms with Crippen molar-refractivity contribution in [2.75, 3.05) is 0 Å². The topological polar surface area (TPSA) is 48.5 Å². The number of aromatic nitrogens is 5. The third-order valence-electron chi connectivity index (χ3n) is 11.8. The molecule has 0 radical (unpaired) electrons. The Morgan fingerprint density at radius 3 is 1.53 bits per heavy atom. The van der Waals surface area contributed by atoms with Gasteiger partial charge in [0, 0.05) is 38.4 Å². The number of hydrogen-bond donors (Lipinski definition) is 0. The van der Waals surface area contributed by atoms with Gasteiger partial charge in [-0.15, -0.1) is 0 Å². The van der Waals surface area contributed by atoms with Crippen LogP contribution in [0.3, 0.4) is 0 Å². The van der Waals surface area contributed by atoms with Crippen LogP contribution in [0.25, 0.3) is 100 Å². The molecule has 0 N–H and O–H groups in total. The Bertz CT molecular complexity index is 3340. The lowest BCUT2D eigenvalue weighted by molar-refractivity contribution is 0.794. The Labute approximate surface area is 348 Å². The summed E-state index contributed by atoms with van der Waals surface area (Å²) in [6.07, 6.45) is 3.43. The van der Waals surface area contributed by atoms with E-state index in [0.29, 0.717) is 17.6 Å². The highest BCUT2D eigenvalue weighted by atomic mass is 15.2. The maximum atomic E-state index is 5.29. The highest BCUT2D eigenvalue weighted by Crippen LogP contribution is 2.42. The lowest BCUT2D eigenvalue weighted by Crippen LogP contribution is -2.06. The molecule has 5 nitrogen and oxygen atoms in total. The zero-order chi connectivity index (χ0) is 40.0. The predicted octanol–water partition coefficient (Wildman–Crippen LogP) is 14.1. The molecule has 0 saturated carbocycles. The first-order chi connectivity index (χ1) is 29.7. The molecule has 0 aliphatic carbocycles. The van der Waals surface area contributed by atoms with Crippen LogP contribution >= 0.6 is 0 Å². The first kappa shape index (κ1) is 35.5. The molecule has 0 saturated heterocycles. The van der Waals surface area contributed by atoms with Gasteiger partial charge in [-0.3, -0.25) is 4.57 Å². The van der Waals surface area contributed by atoms with Gasteiger partial charge in [-0.05, 0) is 83.1 Å². The number of para-hydroxylation sites is 2. The summed E-state index contributed by atoms with van der Waals surface area (Å²) in [7, 11) is 0. The SMILES string of the molecule is CCCCc1cccc(-n2c3ccccc3c3c4c5ccccc5n(-c5nc(-c6ccccc6)nc(-c6ccc(-c7cccc(-c8ccccc8)c7)cc6)n5)c4ccc32)c1. The smallest absolute Gasteiger partial charge is 0.238 e. The summed E-state index contributed by atoms with van der Waals surface area (Å²) in [5, 5.41) is 4.78. The summed E-state index contributed by atoms with van der Waals surface area (Å²) in [5.41, 5.74) is 13.5. The van der Waals surface area contributed by atoms with E-state index in [9.17, 15) is 0 Å². The van der Waals surface area contributed by atoms with Crippen molar-refractivity contribution in [3.8, 4) is 56.7 Å². The Kier molecular flexibility index (Phi) is 8.85. The molecule has 0 spiro atoms. The second kappa shape index (κ2) is 14.9. The van der Waals surface area contributed by atoms with Crippen molar-refractivity contribution in [2.45, 2.75) is 26.2 Å². The van der Waals surface area contributed by atoms with Crippen molar-refractivity contribution in [1.82, 2.24) is 24.1 Å². The van der Waals surface area contributed by atoms with Gasteiger partial charge in [0.2, 0.25) is 5.95 Å². The van der Waals surface area contributed by atoms with Crippen molar-refractivity contribution < 1.29 is 0 Å². The number of hydrogen-bond acceptors (Lipinski definition) is 3. The minimum Gasteiger partial charge on any atom is -0.309 e. The van der Waals surface area contributed by atoms with Gasteiger partial charge in [0.15, 0.2) is 11.6 Å². The second-order valence-electron chi connectivity index (χ2n) is 15.5. The van der Waals surface area contributed by atoms with Gasteiger partial charge in [0.1, 0.15) is 0 Å². The van der Waals surface area contributed by atoms with Crippen molar-refractivity contribution >= 4 is 43.6 Å². The minimum absolute atomic E-state index is 0.580. The minimum atomic E-state index is 0.580. The van der Waals surface area contributed by atoms with Crippen LogP contribution in [0, 0.1) is 0 Å². The maximum Gasteiger partial charge on any atom is 0.238 e. The van der Waals surface area contributed by atoms with Gasteiger partial charge in [-0.1, -0.05) is 165 Å². The van der Waals surface area contributed by atoms with Crippen molar-refractivity contribution in [1.29, 1.82) is 0 Å². The van der Waals surface area contributed by atoms with Crippen molar-refractivity contribution in [3.05, 3.63) is 200 Å². The summed E-state index contributed by atoms with van der Waals surface area (Å²) >= 11 is 0. The van der Waals surface area contributed by atoms with E-state index in [1.165, 1.54) is 62.4 Å². The van der Waals surface area contributed by atoms with E-state index in [1.807, 2.05) is 18.2 Å². The van der Waals surface area contributed by atoms with E-state index in [1.54, 1.807) is 0 Å². The summed E-state index contributed by atoms with van der Waals surface area (Å²) in [6, 6.07) is 69.0. The van der Waals surface area contributed by atoms with Crippen LogP contribution in [0.4, 0.5) is 0 Å².